The molecule has 0 radical (unpaired) electrons. The first kappa shape index (κ1) is 18.6. The van der Waals surface area contributed by atoms with Crippen LogP contribution in [0.15, 0.2) is 70.2 Å². The van der Waals surface area contributed by atoms with E-state index < -0.39 is 0 Å². The van der Waals surface area contributed by atoms with Gasteiger partial charge in [-0.2, -0.15) is 0 Å². The number of halogens is 1. The van der Waals surface area contributed by atoms with E-state index in [1.165, 1.54) is 60.1 Å². The Labute approximate surface area is 182 Å². The number of fused-ring (bicyclic) bond motifs is 2. The summed E-state index contributed by atoms with van der Waals surface area (Å²) < 4.78 is 1.19. The van der Waals surface area contributed by atoms with E-state index in [-0.39, 0.29) is 0 Å². The van der Waals surface area contributed by atoms with E-state index in [9.17, 15) is 0 Å². The number of benzene rings is 3. The van der Waals surface area contributed by atoms with Gasteiger partial charge in [-0.15, -0.1) is 0 Å². The van der Waals surface area contributed by atoms with Gasteiger partial charge in [0.1, 0.15) is 0 Å². The SMILES string of the molecule is CC1=Cc2c(Br)cccc2C1C1C(C)=Cc2cccc(-c3cc(C)ccc3C)c21. The minimum Gasteiger partial charge on any atom is -0.0642 e. The van der Waals surface area contributed by atoms with Crippen LogP contribution in [-0.2, 0) is 0 Å². The van der Waals surface area contributed by atoms with Crippen LogP contribution in [0.2, 0.25) is 0 Å². The summed E-state index contributed by atoms with van der Waals surface area (Å²) in [6.07, 6.45) is 4.77. The van der Waals surface area contributed by atoms with Crippen molar-refractivity contribution in [2.45, 2.75) is 39.5 Å². The van der Waals surface area contributed by atoms with Gasteiger partial charge in [0.15, 0.2) is 0 Å². The molecule has 0 aromatic heterocycles. The lowest BCUT2D eigenvalue weighted by Crippen LogP contribution is -2.12. The molecule has 0 fully saturated rings. The van der Waals surface area contributed by atoms with Gasteiger partial charge in [0.2, 0.25) is 0 Å². The van der Waals surface area contributed by atoms with Crippen LogP contribution in [-0.4, -0.2) is 0 Å². The van der Waals surface area contributed by atoms with E-state index in [0.717, 1.165) is 0 Å². The van der Waals surface area contributed by atoms with Crippen LogP contribution in [0.25, 0.3) is 23.3 Å². The van der Waals surface area contributed by atoms with Crippen LogP contribution < -0.4 is 0 Å². The molecule has 0 N–H and O–H groups in total. The maximum atomic E-state index is 3.77. The monoisotopic (exact) mass is 440 g/mol. The highest BCUT2D eigenvalue weighted by atomic mass is 79.9. The predicted octanol–water partition coefficient (Wildman–Crippen LogP) is 8.43. The third kappa shape index (κ3) is 2.87. The standard InChI is InChI=1S/C28H25Br/c1-16-11-12-17(2)23(13-16)21-8-5-7-20-14-18(3)27(28(20)21)26-19(4)15-24-22(26)9-6-10-25(24)29/h5-15,26-27H,1-4H3. The average molecular weight is 441 g/mol. The van der Waals surface area contributed by atoms with Gasteiger partial charge >= 0.3 is 0 Å². The van der Waals surface area contributed by atoms with Crippen molar-refractivity contribution in [3.8, 4) is 11.1 Å². The van der Waals surface area contributed by atoms with Crippen LogP contribution in [0.3, 0.4) is 0 Å². The van der Waals surface area contributed by atoms with Crippen LogP contribution in [0.1, 0.15) is 59.1 Å². The predicted molar refractivity (Wildman–Crippen MR) is 128 cm³/mol. The minimum atomic E-state index is 0.382. The van der Waals surface area contributed by atoms with Crippen molar-refractivity contribution in [3.63, 3.8) is 0 Å². The first-order valence-electron chi connectivity index (χ1n) is 10.3. The van der Waals surface area contributed by atoms with Crippen molar-refractivity contribution in [2.75, 3.05) is 0 Å². The largest absolute Gasteiger partial charge is 0.0642 e. The maximum Gasteiger partial charge on any atom is 0.0250 e. The van der Waals surface area contributed by atoms with Crippen molar-refractivity contribution in [3.05, 3.63) is 104 Å². The van der Waals surface area contributed by atoms with Gasteiger partial charge in [-0.1, -0.05) is 93.3 Å². The zero-order chi connectivity index (χ0) is 20.3. The molecule has 0 aliphatic heterocycles. The highest BCUT2D eigenvalue weighted by Crippen LogP contribution is 2.55. The third-order valence-corrected chi connectivity index (χ3v) is 7.32. The van der Waals surface area contributed by atoms with Crippen molar-refractivity contribution in [1.82, 2.24) is 0 Å². The quantitative estimate of drug-likeness (QED) is 0.374. The van der Waals surface area contributed by atoms with E-state index >= 15 is 0 Å². The highest BCUT2D eigenvalue weighted by molar-refractivity contribution is 9.10. The summed E-state index contributed by atoms with van der Waals surface area (Å²) >= 11 is 3.77. The molecule has 0 bridgehead atoms. The second-order valence-corrected chi connectivity index (χ2v) is 9.46. The molecule has 29 heavy (non-hydrogen) atoms. The number of allylic oxidation sites excluding steroid dienone is 2. The van der Waals surface area contributed by atoms with Gasteiger partial charge in [0, 0.05) is 16.3 Å². The van der Waals surface area contributed by atoms with E-state index in [0.29, 0.717) is 11.8 Å². The molecule has 0 saturated carbocycles. The molecule has 144 valence electrons. The maximum absolute atomic E-state index is 3.77. The van der Waals surface area contributed by atoms with Gasteiger partial charge in [0.25, 0.3) is 0 Å². The Morgan fingerprint density at radius 1 is 0.724 bits per heavy atom. The average Bonchev–Trinajstić information content (AvgIpc) is 3.19. The normalized spacial score (nSPS) is 19.6. The van der Waals surface area contributed by atoms with E-state index in [2.05, 4.69) is 110 Å². The topological polar surface area (TPSA) is 0 Å². The number of hydrogen-bond donors (Lipinski definition) is 0. The van der Waals surface area contributed by atoms with Crippen molar-refractivity contribution >= 4 is 28.1 Å². The van der Waals surface area contributed by atoms with Crippen LogP contribution in [0.5, 0.6) is 0 Å². The molecule has 0 saturated heterocycles. The fourth-order valence-electron chi connectivity index (χ4n) is 5.29. The molecule has 5 rings (SSSR count). The molecule has 3 aromatic carbocycles. The summed E-state index contributed by atoms with van der Waals surface area (Å²) in [7, 11) is 0. The summed E-state index contributed by atoms with van der Waals surface area (Å²) in [6, 6.07) is 20.2. The molecule has 0 heterocycles. The van der Waals surface area contributed by atoms with Gasteiger partial charge in [-0.3, -0.25) is 0 Å². The van der Waals surface area contributed by atoms with Crippen LogP contribution in [0.4, 0.5) is 0 Å². The lowest BCUT2D eigenvalue weighted by Gasteiger charge is -2.27. The summed E-state index contributed by atoms with van der Waals surface area (Å²) in [5, 5.41) is 0. The van der Waals surface area contributed by atoms with E-state index in [1.807, 2.05) is 0 Å². The lowest BCUT2D eigenvalue weighted by atomic mass is 9.75. The number of rotatable bonds is 2. The lowest BCUT2D eigenvalue weighted by molar-refractivity contribution is 0.693. The first-order valence-corrected chi connectivity index (χ1v) is 11.1. The zero-order valence-corrected chi connectivity index (χ0v) is 19.0. The highest BCUT2D eigenvalue weighted by Gasteiger charge is 2.37. The van der Waals surface area contributed by atoms with Gasteiger partial charge < -0.3 is 0 Å². The van der Waals surface area contributed by atoms with E-state index in [1.54, 1.807) is 0 Å². The van der Waals surface area contributed by atoms with Crippen LogP contribution in [0, 0.1) is 13.8 Å². The Bertz CT molecular complexity index is 1210. The summed E-state index contributed by atoms with van der Waals surface area (Å²) in [5.74, 6) is 0.777. The Kier molecular flexibility index (Phi) is 4.40. The Balaban J connectivity index is 1.73. The van der Waals surface area contributed by atoms with Crippen molar-refractivity contribution < 1.29 is 0 Å². The van der Waals surface area contributed by atoms with Crippen molar-refractivity contribution in [1.29, 1.82) is 0 Å². The Morgan fingerprint density at radius 2 is 1.48 bits per heavy atom. The molecule has 1 heteroatoms. The molecular weight excluding hydrogens is 416 g/mol. The van der Waals surface area contributed by atoms with Gasteiger partial charge in [0.05, 0.1) is 0 Å². The molecule has 0 spiro atoms. The first-order chi connectivity index (χ1) is 14.0. The molecule has 2 atom stereocenters. The molecule has 3 aromatic rings. The molecule has 0 nitrogen and oxygen atoms in total. The smallest absolute Gasteiger partial charge is 0.0250 e. The van der Waals surface area contributed by atoms with Crippen molar-refractivity contribution in [2.24, 2.45) is 0 Å². The summed E-state index contributed by atoms with van der Waals surface area (Å²) in [5.41, 5.74) is 14.0. The molecule has 2 aliphatic rings. The fourth-order valence-corrected chi connectivity index (χ4v) is 5.79. The molecule has 0 amide bonds. The Hall–Kier alpha value is -2.38. The second kappa shape index (κ2) is 6.85. The minimum absolute atomic E-state index is 0.382. The Morgan fingerprint density at radius 3 is 2.31 bits per heavy atom. The summed E-state index contributed by atoms with van der Waals surface area (Å²) in [4.78, 5) is 0. The van der Waals surface area contributed by atoms with Gasteiger partial charge in [-0.25, -0.2) is 0 Å². The molecule has 2 aliphatic carbocycles. The van der Waals surface area contributed by atoms with Crippen LogP contribution >= 0.6 is 15.9 Å². The second-order valence-electron chi connectivity index (χ2n) is 8.60. The molecular formula is C28H25Br. The number of hydrogen-bond acceptors (Lipinski definition) is 0. The summed E-state index contributed by atoms with van der Waals surface area (Å²) in [6.45, 7) is 9.01. The number of aryl methyl sites for hydroxylation is 2. The fraction of sp³-hybridized carbons (Fsp3) is 0.214. The zero-order valence-electron chi connectivity index (χ0n) is 17.4. The van der Waals surface area contributed by atoms with Gasteiger partial charge in [-0.05, 0) is 72.7 Å². The molecule has 2 unspecified atom stereocenters. The third-order valence-electron chi connectivity index (χ3n) is 6.63. The van der Waals surface area contributed by atoms with E-state index in [4.69, 9.17) is 0 Å².